The second kappa shape index (κ2) is 15.4. The highest BCUT2D eigenvalue weighted by Crippen LogP contribution is 2.38. The van der Waals surface area contributed by atoms with E-state index in [1.807, 2.05) is 81.4 Å². The Bertz CT molecular complexity index is 1600. The smallest absolute Gasteiger partial charge is 0.425 e. The van der Waals surface area contributed by atoms with Gasteiger partial charge in [-0.3, -0.25) is 4.90 Å². The number of carbonyl (C=O) groups excluding carboxylic acids is 1. The second-order valence-corrected chi connectivity index (χ2v) is 11.0. The van der Waals surface area contributed by atoms with Gasteiger partial charge in [0.1, 0.15) is 12.4 Å². The molecule has 1 saturated heterocycles. The lowest BCUT2D eigenvalue weighted by atomic mass is 10.1. The maximum Gasteiger partial charge on any atom is 0.425 e. The summed E-state index contributed by atoms with van der Waals surface area (Å²) in [4.78, 5) is 28.9. The Morgan fingerprint density at radius 1 is 0.913 bits per heavy atom. The molecule has 11 nitrogen and oxygen atoms in total. The molecular weight excluding hydrogens is 584 g/mol. The number of hydrogen-bond donors (Lipinski definition) is 1. The second-order valence-electron chi connectivity index (χ2n) is 11.0. The number of anilines is 4. The molecule has 1 aliphatic heterocycles. The number of hydrogen-bond acceptors (Lipinski definition) is 10. The molecule has 0 radical (unpaired) electrons. The molecule has 1 fully saturated rings. The van der Waals surface area contributed by atoms with Gasteiger partial charge in [0, 0.05) is 56.7 Å². The van der Waals surface area contributed by atoms with Crippen LogP contribution in [-0.2, 0) is 0 Å². The topological polar surface area (TPSA) is 102 Å². The molecule has 0 spiro atoms. The Labute approximate surface area is 270 Å². The summed E-state index contributed by atoms with van der Waals surface area (Å²) in [5.41, 5.74) is 3.79. The first-order valence-electron chi connectivity index (χ1n) is 15.5. The van der Waals surface area contributed by atoms with Gasteiger partial charge in [0.15, 0.2) is 11.5 Å². The van der Waals surface area contributed by atoms with E-state index in [4.69, 9.17) is 18.9 Å². The third-order valence-corrected chi connectivity index (χ3v) is 7.75. The van der Waals surface area contributed by atoms with Crippen LogP contribution in [-0.4, -0.2) is 86.0 Å². The van der Waals surface area contributed by atoms with Gasteiger partial charge in [0.05, 0.1) is 25.1 Å². The average Bonchev–Trinajstić information content (AvgIpc) is 3.05. The number of ether oxygens (including phenoxy) is 4. The van der Waals surface area contributed by atoms with Crippen LogP contribution in [0.3, 0.4) is 0 Å². The molecule has 4 aromatic rings. The fourth-order valence-electron chi connectivity index (χ4n) is 5.33. The molecular formula is C35H42N6O5. The van der Waals surface area contributed by atoms with Gasteiger partial charge in [-0.05, 0) is 63.2 Å². The molecule has 3 aromatic carbocycles. The van der Waals surface area contributed by atoms with Crippen molar-refractivity contribution < 1.29 is 23.7 Å². The maximum atomic E-state index is 13.9. The number of methoxy groups -OCH3 is 1. The fraction of sp³-hybridized carbons (Fsp3) is 0.343. The summed E-state index contributed by atoms with van der Waals surface area (Å²) in [7, 11) is 3.75. The van der Waals surface area contributed by atoms with E-state index in [-0.39, 0.29) is 11.8 Å². The molecule has 0 aliphatic carbocycles. The zero-order valence-corrected chi connectivity index (χ0v) is 27.2. The van der Waals surface area contributed by atoms with Crippen LogP contribution < -0.4 is 29.2 Å². The van der Waals surface area contributed by atoms with E-state index >= 15 is 0 Å². The van der Waals surface area contributed by atoms with Crippen LogP contribution in [0.2, 0.25) is 0 Å². The fourth-order valence-corrected chi connectivity index (χ4v) is 5.33. The highest BCUT2D eigenvalue weighted by atomic mass is 16.6. The number of nitrogens with zero attached hydrogens (tertiary/aromatic N) is 5. The summed E-state index contributed by atoms with van der Waals surface area (Å²) in [5.74, 6) is 2.15. The molecule has 0 unspecified atom stereocenters. The number of carbonyl (C=O) groups is 1. The number of benzene rings is 3. The van der Waals surface area contributed by atoms with Crippen LogP contribution in [0.15, 0.2) is 72.9 Å². The van der Waals surface area contributed by atoms with Crippen molar-refractivity contribution >= 4 is 29.1 Å². The third kappa shape index (κ3) is 8.04. The molecule has 1 N–H and O–H groups in total. The summed E-state index contributed by atoms with van der Waals surface area (Å²) in [6.45, 7) is 11.9. The maximum absolute atomic E-state index is 13.9. The minimum absolute atomic E-state index is 0.0865. The molecule has 242 valence electrons. The normalized spacial score (nSPS) is 13.6. The summed E-state index contributed by atoms with van der Waals surface area (Å²) in [5, 5.41) is 3.17. The average molecular weight is 627 g/mol. The van der Waals surface area contributed by atoms with Crippen molar-refractivity contribution in [2.24, 2.45) is 0 Å². The Kier molecular flexibility index (Phi) is 10.9. The standard InChI is InChI=1S/C35H42N6O5/c1-6-44-29-13-8-7-12-28(29)41(33-25(2)10-9-11-26(33)3)35(42)46-32-16-17-36-34(38-32)37-27-14-15-30(31(24-27)43-5)45-23-22-40-20-18-39(4)19-21-40/h7-17,24H,6,18-23H2,1-5H3,(H,36,37,38). The van der Waals surface area contributed by atoms with Gasteiger partial charge in [-0.25, -0.2) is 14.7 Å². The van der Waals surface area contributed by atoms with Crippen molar-refractivity contribution in [3.05, 3.63) is 84.1 Å². The first-order valence-corrected chi connectivity index (χ1v) is 15.5. The van der Waals surface area contributed by atoms with Gasteiger partial charge in [0.2, 0.25) is 11.8 Å². The van der Waals surface area contributed by atoms with Gasteiger partial charge >= 0.3 is 6.09 Å². The molecule has 11 heteroatoms. The quantitative estimate of drug-likeness (QED) is 0.195. The van der Waals surface area contributed by atoms with Gasteiger partial charge < -0.3 is 29.2 Å². The Hall–Kier alpha value is -4.87. The van der Waals surface area contributed by atoms with Crippen LogP contribution in [0, 0.1) is 13.8 Å². The van der Waals surface area contributed by atoms with Crippen LogP contribution in [0.1, 0.15) is 18.1 Å². The lowest BCUT2D eigenvalue weighted by molar-refractivity contribution is 0.133. The van der Waals surface area contributed by atoms with E-state index in [9.17, 15) is 4.79 Å². The van der Waals surface area contributed by atoms with Gasteiger partial charge in [-0.1, -0.05) is 30.3 Å². The summed E-state index contributed by atoms with van der Waals surface area (Å²) in [6, 6.07) is 20.3. The number of piperazine rings is 1. The SMILES string of the molecule is CCOc1ccccc1N(C(=O)Oc1ccnc(Nc2ccc(OCCN3CCN(C)CC3)c(OC)c2)n1)c1c(C)cccc1C. The van der Waals surface area contributed by atoms with Gasteiger partial charge in [0.25, 0.3) is 0 Å². The number of para-hydroxylation sites is 3. The molecule has 0 saturated carbocycles. The summed E-state index contributed by atoms with van der Waals surface area (Å²) >= 11 is 0. The Morgan fingerprint density at radius 2 is 1.67 bits per heavy atom. The van der Waals surface area contributed by atoms with Crippen LogP contribution in [0.4, 0.5) is 27.8 Å². The van der Waals surface area contributed by atoms with E-state index in [1.54, 1.807) is 7.11 Å². The van der Waals surface area contributed by atoms with Gasteiger partial charge in [-0.15, -0.1) is 0 Å². The lowest BCUT2D eigenvalue weighted by Crippen LogP contribution is -2.45. The monoisotopic (exact) mass is 626 g/mol. The number of aromatic nitrogens is 2. The largest absolute Gasteiger partial charge is 0.493 e. The number of amides is 1. The highest BCUT2D eigenvalue weighted by Gasteiger charge is 2.27. The molecule has 0 atom stereocenters. The number of likely N-dealkylation sites (N-methyl/N-ethyl adjacent to an activating group) is 1. The van der Waals surface area contributed by atoms with E-state index in [0.717, 1.165) is 43.9 Å². The van der Waals surface area contributed by atoms with E-state index in [1.165, 1.54) is 17.2 Å². The molecule has 1 amide bonds. The zero-order valence-electron chi connectivity index (χ0n) is 27.2. The van der Waals surface area contributed by atoms with Gasteiger partial charge in [-0.2, -0.15) is 4.98 Å². The first kappa shape index (κ1) is 32.5. The minimum atomic E-state index is -0.631. The molecule has 1 aliphatic rings. The number of nitrogens with one attached hydrogen (secondary N) is 1. The van der Waals surface area contributed by atoms with Crippen molar-refractivity contribution in [3.8, 4) is 23.1 Å². The van der Waals surface area contributed by atoms with E-state index in [2.05, 4.69) is 32.1 Å². The molecule has 2 heterocycles. The van der Waals surface area contributed by atoms with Crippen molar-refractivity contribution in [2.45, 2.75) is 20.8 Å². The third-order valence-electron chi connectivity index (χ3n) is 7.75. The predicted molar refractivity (Wildman–Crippen MR) is 179 cm³/mol. The Morgan fingerprint density at radius 3 is 2.41 bits per heavy atom. The van der Waals surface area contributed by atoms with Crippen LogP contribution >= 0.6 is 0 Å². The van der Waals surface area contributed by atoms with E-state index < -0.39 is 6.09 Å². The Balaban J connectivity index is 1.30. The molecule has 5 rings (SSSR count). The first-order chi connectivity index (χ1) is 22.4. The van der Waals surface area contributed by atoms with Crippen molar-refractivity contribution in [1.82, 2.24) is 19.8 Å². The highest BCUT2D eigenvalue weighted by molar-refractivity contribution is 6.00. The summed E-state index contributed by atoms with van der Waals surface area (Å²) < 4.78 is 23.4. The minimum Gasteiger partial charge on any atom is -0.493 e. The van der Waals surface area contributed by atoms with E-state index in [0.29, 0.717) is 47.5 Å². The molecule has 46 heavy (non-hydrogen) atoms. The number of rotatable bonds is 12. The molecule has 0 bridgehead atoms. The lowest BCUT2D eigenvalue weighted by Gasteiger charge is -2.32. The van der Waals surface area contributed by atoms with Crippen LogP contribution in [0.25, 0.3) is 0 Å². The van der Waals surface area contributed by atoms with Crippen molar-refractivity contribution in [2.75, 3.05) is 70.3 Å². The van der Waals surface area contributed by atoms with Crippen molar-refractivity contribution in [3.63, 3.8) is 0 Å². The molecule has 1 aromatic heterocycles. The zero-order chi connectivity index (χ0) is 32.5. The predicted octanol–water partition coefficient (Wildman–Crippen LogP) is 6.21. The van der Waals surface area contributed by atoms with Crippen molar-refractivity contribution in [1.29, 1.82) is 0 Å². The summed E-state index contributed by atoms with van der Waals surface area (Å²) in [6.07, 6.45) is 0.900. The van der Waals surface area contributed by atoms with Crippen LogP contribution in [0.5, 0.6) is 23.1 Å². The number of aryl methyl sites for hydroxylation is 2.